The molecular weight excluding hydrogens is 122 g/mol. The van der Waals surface area contributed by atoms with E-state index in [9.17, 15) is 0 Å². The van der Waals surface area contributed by atoms with Crippen LogP contribution in [-0.2, 0) is 0 Å². The van der Waals surface area contributed by atoms with Crippen molar-refractivity contribution < 1.29 is 0 Å². The summed E-state index contributed by atoms with van der Waals surface area (Å²) in [7, 11) is 0. The highest BCUT2D eigenvalue weighted by Gasteiger charge is 2.06. The second kappa shape index (κ2) is 7.07. The van der Waals surface area contributed by atoms with Crippen LogP contribution < -0.4 is 5.32 Å². The van der Waals surface area contributed by atoms with E-state index in [1.165, 1.54) is 0 Å². The van der Waals surface area contributed by atoms with Crippen LogP contribution in [0.4, 0.5) is 0 Å². The SMILES string of the molecule is CC.CCNCC(C)(C)C. The minimum Gasteiger partial charge on any atom is -0.316 e. The van der Waals surface area contributed by atoms with E-state index in [0.29, 0.717) is 5.41 Å². The molecule has 1 N–H and O–H groups in total. The molecule has 64 valence electrons. The van der Waals surface area contributed by atoms with Crippen molar-refractivity contribution in [2.45, 2.75) is 41.5 Å². The summed E-state index contributed by atoms with van der Waals surface area (Å²) in [4.78, 5) is 0. The van der Waals surface area contributed by atoms with Crippen molar-refractivity contribution in [2.75, 3.05) is 13.1 Å². The molecule has 0 fully saturated rings. The standard InChI is InChI=1S/C7H17N.C2H6/c1-5-8-6-7(2,3)4;1-2/h8H,5-6H2,1-4H3;1-2H3. The van der Waals surface area contributed by atoms with Gasteiger partial charge in [-0.1, -0.05) is 41.5 Å². The third-order valence-corrected chi connectivity index (χ3v) is 0.905. The molecule has 0 atom stereocenters. The van der Waals surface area contributed by atoms with Gasteiger partial charge < -0.3 is 5.32 Å². The van der Waals surface area contributed by atoms with Crippen LogP contribution >= 0.6 is 0 Å². The fourth-order valence-corrected chi connectivity index (χ4v) is 0.500. The van der Waals surface area contributed by atoms with E-state index in [1.807, 2.05) is 13.8 Å². The van der Waals surface area contributed by atoms with Crippen LogP contribution in [0, 0.1) is 5.41 Å². The van der Waals surface area contributed by atoms with Crippen LogP contribution in [0.15, 0.2) is 0 Å². The topological polar surface area (TPSA) is 12.0 Å². The van der Waals surface area contributed by atoms with Crippen LogP contribution in [0.5, 0.6) is 0 Å². The van der Waals surface area contributed by atoms with E-state index in [1.54, 1.807) is 0 Å². The van der Waals surface area contributed by atoms with Gasteiger partial charge in [0, 0.05) is 0 Å². The summed E-state index contributed by atoms with van der Waals surface area (Å²) in [5.74, 6) is 0. The van der Waals surface area contributed by atoms with Gasteiger partial charge >= 0.3 is 0 Å². The van der Waals surface area contributed by atoms with Crippen molar-refractivity contribution in [3.63, 3.8) is 0 Å². The smallest absolute Gasteiger partial charge is 0.0000241 e. The molecule has 0 aromatic heterocycles. The molecule has 0 amide bonds. The highest BCUT2D eigenvalue weighted by Crippen LogP contribution is 2.09. The van der Waals surface area contributed by atoms with Crippen LogP contribution in [0.1, 0.15) is 41.5 Å². The molecule has 0 heterocycles. The fourth-order valence-electron chi connectivity index (χ4n) is 0.500. The Bertz CT molecular complexity index is 52.2. The Kier molecular flexibility index (Phi) is 8.92. The Hall–Kier alpha value is -0.0400. The first-order chi connectivity index (χ1) is 4.56. The maximum Gasteiger partial charge on any atom is -0.0000241 e. The minimum absolute atomic E-state index is 0.440. The lowest BCUT2D eigenvalue weighted by Gasteiger charge is -2.17. The summed E-state index contributed by atoms with van der Waals surface area (Å²) in [5, 5.41) is 3.29. The number of rotatable bonds is 2. The van der Waals surface area contributed by atoms with Gasteiger partial charge in [0.2, 0.25) is 0 Å². The largest absolute Gasteiger partial charge is 0.316 e. The van der Waals surface area contributed by atoms with Crippen molar-refractivity contribution in [3.05, 3.63) is 0 Å². The Morgan fingerprint density at radius 2 is 1.50 bits per heavy atom. The lowest BCUT2D eigenvalue weighted by Crippen LogP contribution is -2.26. The van der Waals surface area contributed by atoms with Gasteiger partial charge in [-0.2, -0.15) is 0 Å². The van der Waals surface area contributed by atoms with Gasteiger partial charge in [-0.25, -0.2) is 0 Å². The molecule has 0 aromatic rings. The number of nitrogens with one attached hydrogen (secondary N) is 1. The maximum atomic E-state index is 3.29. The van der Waals surface area contributed by atoms with E-state index in [-0.39, 0.29) is 0 Å². The Morgan fingerprint density at radius 3 is 1.60 bits per heavy atom. The molecular formula is C9H23N. The van der Waals surface area contributed by atoms with Crippen molar-refractivity contribution in [2.24, 2.45) is 5.41 Å². The molecule has 0 aliphatic carbocycles. The second-order valence-electron chi connectivity index (χ2n) is 3.34. The first-order valence-corrected chi connectivity index (χ1v) is 4.27. The second-order valence-corrected chi connectivity index (χ2v) is 3.34. The third-order valence-electron chi connectivity index (χ3n) is 0.905. The Balaban J connectivity index is 0. The highest BCUT2D eigenvalue weighted by atomic mass is 14.9. The average Bonchev–Trinajstić information content (AvgIpc) is 1.87. The summed E-state index contributed by atoms with van der Waals surface area (Å²) in [5.41, 5.74) is 0.440. The molecule has 0 radical (unpaired) electrons. The Morgan fingerprint density at radius 1 is 1.10 bits per heavy atom. The minimum atomic E-state index is 0.440. The summed E-state index contributed by atoms with van der Waals surface area (Å²) < 4.78 is 0. The zero-order valence-electron chi connectivity index (χ0n) is 8.41. The first kappa shape index (κ1) is 12.6. The highest BCUT2D eigenvalue weighted by molar-refractivity contribution is 4.63. The van der Waals surface area contributed by atoms with E-state index in [0.717, 1.165) is 13.1 Å². The molecule has 1 heteroatoms. The van der Waals surface area contributed by atoms with Crippen molar-refractivity contribution in [1.29, 1.82) is 0 Å². The molecule has 0 rings (SSSR count). The van der Waals surface area contributed by atoms with Crippen LogP contribution in [-0.4, -0.2) is 13.1 Å². The van der Waals surface area contributed by atoms with E-state index in [2.05, 4.69) is 33.0 Å². The molecule has 0 aromatic carbocycles. The van der Waals surface area contributed by atoms with Crippen LogP contribution in [0.3, 0.4) is 0 Å². The van der Waals surface area contributed by atoms with Gasteiger partial charge in [0.1, 0.15) is 0 Å². The summed E-state index contributed by atoms with van der Waals surface area (Å²) >= 11 is 0. The molecule has 0 bridgehead atoms. The predicted octanol–water partition coefficient (Wildman–Crippen LogP) is 2.67. The summed E-state index contributed by atoms with van der Waals surface area (Å²) in [6.45, 7) is 15.0. The van der Waals surface area contributed by atoms with Crippen molar-refractivity contribution in [3.8, 4) is 0 Å². The molecule has 0 saturated carbocycles. The predicted molar refractivity (Wildman–Crippen MR) is 49.3 cm³/mol. The van der Waals surface area contributed by atoms with Crippen molar-refractivity contribution in [1.82, 2.24) is 5.32 Å². The summed E-state index contributed by atoms with van der Waals surface area (Å²) in [6.07, 6.45) is 0. The average molecular weight is 145 g/mol. The molecule has 0 aliphatic heterocycles. The van der Waals surface area contributed by atoms with E-state index in [4.69, 9.17) is 0 Å². The third kappa shape index (κ3) is 15.7. The maximum absolute atomic E-state index is 3.29. The van der Waals surface area contributed by atoms with Gasteiger partial charge in [0.25, 0.3) is 0 Å². The fraction of sp³-hybridized carbons (Fsp3) is 1.00. The van der Waals surface area contributed by atoms with Gasteiger partial charge in [-0.15, -0.1) is 0 Å². The van der Waals surface area contributed by atoms with Gasteiger partial charge in [0.15, 0.2) is 0 Å². The zero-order chi connectivity index (χ0) is 8.62. The lowest BCUT2D eigenvalue weighted by molar-refractivity contribution is 0.385. The van der Waals surface area contributed by atoms with E-state index < -0.39 is 0 Å². The lowest BCUT2D eigenvalue weighted by atomic mass is 9.97. The van der Waals surface area contributed by atoms with Crippen LogP contribution in [0.2, 0.25) is 0 Å². The molecule has 0 unspecified atom stereocenters. The van der Waals surface area contributed by atoms with Gasteiger partial charge in [-0.3, -0.25) is 0 Å². The first-order valence-electron chi connectivity index (χ1n) is 4.27. The Labute approximate surface area is 66.2 Å². The molecule has 1 nitrogen and oxygen atoms in total. The number of hydrogen-bond donors (Lipinski definition) is 1. The van der Waals surface area contributed by atoms with Crippen molar-refractivity contribution >= 4 is 0 Å². The molecule has 0 spiro atoms. The monoisotopic (exact) mass is 145 g/mol. The van der Waals surface area contributed by atoms with Gasteiger partial charge in [-0.05, 0) is 18.5 Å². The molecule has 0 aliphatic rings. The quantitative estimate of drug-likeness (QED) is 0.630. The normalized spacial score (nSPS) is 10.2. The molecule has 0 saturated heterocycles. The van der Waals surface area contributed by atoms with E-state index >= 15 is 0 Å². The molecule has 10 heavy (non-hydrogen) atoms. The van der Waals surface area contributed by atoms with Crippen LogP contribution in [0.25, 0.3) is 0 Å². The number of hydrogen-bond acceptors (Lipinski definition) is 1. The van der Waals surface area contributed by atoms with Gasteiger partial charge in [0.05, 0.1) is 0 Å². The summed E-state index contributed by atoms with van der Waals surface area (Å²) in [6, 6.07) is 0. The zero-order valence-corrected chi connectivity index (χ0v) is 8.41.